The standard InChI is InChI=1S/C26H27FN6O/c1-17(18-7-5-4-6-8-18)29-26-28-14-13-22(30-26)24-23(19-9-11-20(27)12-10-19)25(34)33-16-21(31(2)3)15-32(24)33/h4-14,17,21H,15-16H2,1-3H3,(H,28,29,30). The molecule has 2 atom stereocenters. The van der Waals surface area contributed by atoms with Gasteiger partial charge in [-0.05, 0) is 50.3 Å². The molecule has 5 rings (SSSR count). The third kappa shape index (κ3) is 4.01. The van der Waals surface area contributed by atoms with E-state index >= 15 is 0 Å². The van der Waals surface area contributed by atoms with Gasteiger partial charge in [0.1, 0.15) is 5.82 Å². The summed E-state index contributed by atoms with van der Waals surface area (Å²) in [6, 6.07) is 18.2. The van der Waals surface area contributed by atoms with Crippen LogP contribution in [0.3, 0.4) is 0 Å². The van der Waals surface area contributed by atoms with Gasteiger partial charge in [0.2, 0.25) is 5.95 Å². The number of hydrogen-bond acceptors (Lipinski definition) is 5. The van der Waals surface area contributed by atoms with Crippen molar-refractivity contribution in [3.8, 4) is 22.5 Å². The van der Waals surface area contributed by atoms with Crippen molar-refractivity contribution >= 4 is 5.95 Å². The summed E-state index contributed by atoms with van der Waals surface area (Å²) < 4.78 is 17.4. The summed E-state index contributed by atoms with van der Waals surface area (Å²) in [6.45, 7) is 3.30. The number of hydrogen-bond donors (Lipinski definition) is 1. The third-order valence-corrected chi connectivity index (χ3v) is 6.41. The minimum absolute atomic E-state index is 0.00798. The predicted molar refractivity (Wildman–Crippen MR) is 131 cm³/mol. The molecule has 4 aromatic rings. The van der Waals surface area contributed by atoms with Crippen LogP contribution in [-0.2, 0) is 13.1 Å². The van der Waals surface area contributed by atoms with E-state index in [9.17, 15) is 9.18 Å². The summed E-state index contributed by atoms with van der Waals surface area (Å²) in [4.78, 5) is 24.9. The highest BCUT2D eigenvalue weighted by Gasteiger charge is 2.31. The molecule has 174 valence electrons. The summed E-state index contributed by atoms with van der Waals surface area (Å²) in [7, 11) is 4.03. The Kier molecular flexibility index (Phi) is 5.75. The largest absolute Gasteiger partial charge is 0.348 e. The van der Waals surface area contributed by atoms with Crippen LogP contribution in [0.2, 0.25) is 0 Å². The molecular formula is C26H27FN6O. The first-order chi connectivity index (χ1) is 16.4. The van der Waals surface area contributed by atoms with E-state index in [1.165, 1.54) is 12.1 Å². The molecule has 1 N–H and O–H groups in total. The van der Waals surface area contributed by atoms with Crippen LogP contribution in [0.5, 0.6) is 0 Å². The van der Waals surface area contributed by atoms with Crippen molar-refractivity contribution in [3.63, 3.8) is 0 Å². The zero-order chi connectivity index (χ0) is 23.8. The average molecular weight is 459 g/mol. The summed E-state index contributed by atoms with van der Waals surface area (Å²) in [6.07, 6.45) is 1.70. The van der Waals surface area contributed by atoms with Gasteiger partial charge in [0.15, 0.2) is 0 Å². The smallest absolute Gasteiger partial charge is 0.275 e. The van der Waals surface area contributed by atoms with Crippen LogP contribution in [0.25, 0.3) is 22.5 Å². The maximum absolute atomic E-state index is 13.6. The fraction of sp³-hybridized carbons (Fsp3) is 0.269. The lowest BCUT2D eigenvalue weighted by molar-refractivity contribution is 0.283. The maximum atomic E-state index is 13.6. The van der Waals surface area contributed by atoms with Crippen molar-refractivity contribution in [3.05, 3.63) is 88.6 Å². The number of halogens is 1. The van der Waals surface area contributed by atoms with Gasteiger partial charge in [-0.1, -0.05) is 42.5 Å². The van der Waals surface area contributed by atoms with Crippen LogP contribution >= 0.6 is 0 Å². The second-order valence-electron chi connectivity index (χ2n) is 8.86. The van der Waals surface area contributed by atoms with Crippen LogP contribution in [0.15, 0.2) is 71.7 Å². The number of rotatable bonds is 6. The van der Waals surface area contributed by atoms with Gasteiger partial charge < -0.3 is 10.2 Å². The Hall–Kier alpha value is -3.78. The number of anilines is 1. The van der Waals surface area contributed by atoms with Crippen molar-refractivity contribution in [1.29, 1.82) is 0 Å². The average Bonchev–Trinajstić information content (AvgIpc) is 3.39. The van der Waals surface area contributed by atoms with E-state index in [1.807, 2.05) is 43.0 Å². The van der Waals surface area contributed by atoms with Crippen LogP contribution in [-0.4, -0.2) is 44.4 Å². The van der Waals surface area contributed by atoms with E-state index in [4.69, 9.17) is 4.98 Å². The number of aromatic nitrogens is 4. The minimum Gasteiger partial charge on any atom is -0.348 e. The first-order valence-corrected chi connectivity index (χ1v) is 11.3. The second kappa shape index (κ2) is 8.87. The highest BCUT2D eigenvalue weighted by Crippen LogP contribution is 2.32. The molecular weight excluding hydrogens is 431 g/mol. The molecule has 2 aromatic carbocycles. The molecule has 0 fully saturated rings. The van der Waals surface area contributed by atoms with Gasteiger partial charge in [-0.15, -0.1) is 0 Å². The molecule has 7 nitrogen and oxygen atoms in total. The van der Waals surface area contributed by atoms with Crippen molar-refractivity contribution in [2.75, 3.05) is 19.4 Å². The normalized spacial score (nSPS) is 16.0. The monoisotopic (exact) mass is 458 g/mol. The van der Waals surface area contributed by atoms with E-state index in [2.05, 4.69) is 34.3 Å². The molecule has 1 aliphatic heterocycles. The molecule has 0 aliphatic carbocycles. The van der Waals surface area contributed by atoms with Crippen molar-refractivity contribution < 1.29 is 4.39 Å². The quantitative estimate of drug-likeness (QED) is 0.473. The van der Waals surface area contributed by atoms with Gasteiger partial charge in [0.05, 0.1) is 36.1 Å². The third-order valence-electron chi connectivity index (χ3n) is 6.41. The fourth-order valence-corrected chi connectivity index (χ4v) is 4.46. The summed E-state index contributed by atoms with van der Waals surface area (Å²) >= 11 is 0. The van der Waals surface area contributed by atoms with Gasteiger partial charge in [0, 0.05) is 12.2 Å². The molecule has 1 aliphatic rings. The number of fused-ring (bicyclic) bond motifs is 1. The Labute approximate surface area is 197 Å². The lowest BCUT2D eigenvalue weighted by Gasteiger charge is -2.18. The molecule has 0 spiro atoms. The molecule has 0 saturated heterocycles. The van der Waals surface area contributed by atoms with E-state index in [-0.39, 0.29) is 23.5 Å². The van der Waals surface area contributed by atoms with E-state index in [0.717, 1.165) is 11.3 Å². The fourth-order valence-electron chi connectivity index (χ4n) is 4.46. The molecule has 2 aromatic heterocycles. The Balaban J connectivity index is 1.59. The summed E-state index contributed by atoms with van der Waals surface area (Å²) in [5, 5.41) is 3.36. The number of nitrogens with zero attached hydrogens (tertiary/aromatic N) is 5. The number of likely N-dealkylation sites (N-methyl/N-ethyl adjacent to an activating group) is 1. The molecule has 0 amide bonds. The van der Waals surface area contributed by atoms with Crippen molar-refractivity contribution in [2.24, 2.45) is 0 Å². The van der Waals surface area contributed by atoms with Gasteiger partial charge in [-0.25, -0.2) is 19.0 Å². The van der Waals surface area contributed by atoms with Crippen molar-refractivity contribution in [1.82, 2.24) is 24.2 Å². The SMILES string of the molecule is CC(Nc1nccc(-c2c(-c3ccc(F)cc3)c(=O)n3n2CC(N(C)C)C3)n1)c1ccccc1. The highest BCUT2D eigenvalue weighted by atomic mass is 19.1. The molecule has 0 bridgehead atoms. The van der Waals surface area contributed by atoms with Gasteiger partial charge in [-0.3, -0.25) is 9.48 Å². The Morgan fingerprint density at radius 3 is 2.44 bits per heavy atom. The molecule has 0 saturated carbocycles. The topological polar surface area (TPSA) is 68.0 Å². The molecule has 8 heteroatoms. The van der Waals surface area contributed by atoms with Gasteiger partial charge in [-0.2, -0.15) is 0 Å². The Morgan fingerprint density at radius 2 is 1.74 bits per heavy atom. The number of benzene rings is 2. The predicted octanol–water partition coefficient (Wildman–Crippen LogP) is 4.03. The van der Waals surface area contributed by atoms with Crippen LogP contribution < -0.4 is 10.9 Å². The summed E-state index contributed by atoms with van der Waals surface area (Å²) in [5.74, 6) is 0.141. The first-order valence-electron chi connectivity index (χ1n) is 11.3. The van der Waals surface area contributed by atoms with Crippen LogP contribution in [0, 0.1) is 5.82 Å². The molecule has 0 radical (unpaired) electrons. The van der Waals surface area contributed by atoms with E-state index < -0.39 is 0 Å². The lowest BCUT2D eigenvalue weighted by Crippen LogP contribution is -2.31. The van der Waals surface area contributed by atoms with Gasteiger partial charge >= 0.3 is 0 Å². The summed E-state index contributed by atoms with van der Waals surface area (Å²) in [5.41, 5.74) is 3.59. The molecule has 34 heavy (non-hydrogen) atoms. The first kappa shape index (κ1) is 22.0. The van der Waals surface area contributed by atoms with E-state index in [1.54, 1.807) is 23.0 Å². The molecule has 2 unspecified atom stereocenters. The van der Waals surface area contributed by atoms with Crippen LogP contribution in [0.4, 0.5) is 10.3 Å². The van der Waals surface area contributed by atoms with E-state index in [0.29, 0.717) is 35.9 Å². The minimum atomic E-state index is -0.340. The lowest BCUT2D eigenvalue weighted by atomic mass is 10.0. The Morgan fingerprint density at radius 1 is 1.03 bits per heavy atom. The zero-order valence-electron chi connectivity index (χ0n) is 19.4. The number of nitrogens with one attached hydrogen (secondary N) is 1. The van der Waals surface area contributed by atoms with Gasteiger partial charge in [0.25, 0.3) is 5.56 Å². The maximum Gasteiger partial charge on any atom is 0.275 e. The highest BCUT2D eigenvalue weighted by molar-refractivity contribution is 5.79. The Bertz CT molecular complexity index is 1360. The van der Waals surface area contributed by atoms with Crippen molar-refractivity contribution in [2.45, 2.75) is 32.1 Å². The van der Waals surface area contributed by atoms with Crippen LogP contribution in [0.1, 0.15) is 18.5 Å². The zero-order valence-corrected chi connectivity index (χ0v) is 19.4. The molecule has 3 heterocycles. The second-order valence-corrected chi connectivity index (χ2v) is 8.86.